The van der Waals surface area contributed by atoms with Gasteiger partial charge in [-0.15, -0.1) is 0 Å². The summed E-state index contributed by atoms with van der Waals surface area (Å²) in [6.45, 7) is 0.330. The molecule has 0 unspecified atom stereocenters. The number of rotatable bonds is 3. The fourth-order valence-corrected chi connectivity index (χ4v) is 3.20. The Hall–Kier alpha value is -0.420. The van der Waals surface area contributed by atoms with Crippen LogP contribution in [0.2, 0.25) is 10.0 Å². The van der Waals surface area contributed by atoms with Crippen LogP contribution in [0.4, 0.5) is 5.69 Å². The molecule has 0 spiro atoms. The minimum atomic E-state index is 0.330. The van der Waals surface area contributed by atoms with E-state index in [4.69, 9.17) is 33.7 Å². The van der Waals surface area contributed by atoms with E-state index in [0.29, 0.717) is 32.6 Å². The number of halogens is 4. The van der Waals surface area contributed by atoms with Crippen LogP contribution in [0.15, 0.2) is 39.3 Å². The lowest BCUT2D eigenvalue weighted by molar-refractivity contribution is 0.306. The highest BCUT2D eigenvalue weighted by atomic mass is 79.9. The van der Waals surface area contributed by atoms with Gasteiger partial charge in [0, 0.05) is 20.1 Å². The second-order valence-electron chi connectivity index (χ2n) is 3.83. The van der Waals surface area contributed by atoms with Gasteiger partial charge in [-0.1, -0.05) is 45.2 Å². The van der Waals surface area contributed by atoms with Gasteiger partial charge in [0.2, 0.25) is 0 Å². The summed E-state index contributed by atoms with van der Waals surface area (Å²) in [5, 5.41) is 1.19. The summed E-state index contributed by atoms with van der Waals surface area (Å²) in [6.07, 6.45) is 0. The third-order valence-corrected chi connectivity index (χ3v) is 4.08. The molecule has 2 rings (SSSR count). The minimum absolute atomic E-state index is 0.330. The first-order valence-corrected chi connectivity index (χ1v) is 7.63. The van der Waals surface area contributed by atoms with Crippen molar-refractivity contribution in [3.05, 3.63) is 54.9 Å². The molecule has 0 heterocycles. The Morgan fingerprint density at radius 1 is 1.11 bits per heavy atom. The monoisotopic (exact) mass is 423 g/mol. The van der Waals surface area contributed by atoms with Gasteiger partial charge in [0.15, 0.2) is 5.75 Å². The standard InChI is InChI=1S/C13H9Br2Cl2NO/c14-8-2-1-7(11(17)3-8)6-19-13-10(15)4-9(16)5-12(13)18/h1-5H,6,18H2. The minimum Gasteiger partial charge on any atom is -0.485 e. The predicted octanol–water partition coefficient (Wildman–Crippen LogP) is 5.68. The molecule has 0 aliphatic carbocycles. The number of hydrogen-bond donors (Lipinski definition) is 1. The van der Waals surface area contributed by atoms with Crippen LogP contribution in [0.25, 0.3) is 0 Å². The van der Waals surface area contributed by atoms with Crippen molar-refractivity contribution in [3.63, 3.8) is 0 Å². The molecule has 0 aromatic heterocycles. The maximum atomic E-state index is 6.13. The summed E-state index contributed by atoms with van der Waals surface area (Å²) >= 11 is 18.7. The van der Waals surface area contributed by atoms with Gasteiger partial charge in [0.05, 0.1) is 10.2 Å². The summed E-state index contributed by atoms with van der Waals surface area (Å²) < 4.78 is 7.34. The van der Waals surface area contributed by atoms with Crippen LogP contribution in [0.5, 0.6) is 5.75 Å². The summed E-state index contributed by atoms with van der Waals surface area (Å²) in [5.41, 5.74) is 7.23. The van der Waals surface area contributed by atoms with Gasteiger partial charge in [-0.3, -0.25) is 0 Å². The summed E-state index contributed by atoms with van der Waals surface area (Å²) in [5.74, 6) is 0.559. The lowest BCUT2D eigenvalue weighted by Gasteiger charge is -2.12. The maximum Gasteiger partial charge on any atom is 0.156 e. The zero-order chi connectivity index (χ0) is 14.0. The molecule has 0 saturated heterocycles. The number of nitrogens with two attached hydrogens (primary N) is 1. The molecule has 2 aromatic rings. The van der Waals surface area contributed by atoms with E-state index < -0.39 is 0 Å². The molecule has 0 atom stereocenters. The lowest BCUT2D eigenvalue weighted by Crippen LogP contribution is -2.00. The summed E-state index contributed by atoms with van der Waals surface area (Å²) in [6, 6.07) is 9.00. The van der Waals surface area contributed by atoms with Gasteiger partial charge >= 0.3 is 0 Å². The number of benzene rings is 2. The van der Waals surface area contributed by atoms with Crippen molar-refractivity contribution in [2.45, 2.75) is 6.61 Å². The molecule has 0 aliphatic heterocycles. The Morgan fingerprint density at radius 3 is 2.47 bits per heavy atom. The van der Waals surface area contributed by atoms with Crippen molar-refractivity contribution in [3.8, 4) is 5.75 Å². The molecule has 2 nitrogen and oxygen atoms in total. The third kappa shape index (κ3) is 3.78. The fourth-order valence-electron chi connectivity index (χ4n) is 1.52. The van der Waals surface area contributed by atoms with Gasteiger partial charge in [0.1, 0.15) is 6.61 Å². The first-order chi connectivity index (χ1) is 8.97. The van der Waals surface area contributed by atoms with E-state index >= 15 is 0 Å². The predicted molar refractivity (Wildman–Crippen MR) is 87.0 cm³/mol. The zero-order valence-electron chi connectivity index (χ0n) is 9.59. The molecule has 6 heteroatoms. The highest BCUT2D eigenvalue weighted by molar-refractivity contribution is 9.10. The van der Waals surface area contributed by atoms with Crippen LogP contribution >= 0.6 is 55.1 Å². The van der Waals surface area contributed by atoms with Gasteiger partial charge in [-0.25, -0.2) is 0 Å². The molecule has 100 valence electrons. The molecule has 19 heavy (non-hydrogen) atoms. The third-order valence-electron chi connectivity index (χ3n) is 2.42. The molecule has 0 radical (unpaired) electrons. The van der Waals surface area contributed by atoms with Crippen molar-refractivity contribution in [2.75, 3.05) is 5.73 Å². The van der Waals surface area contributed by atoms with E-state index in [-0.39, 0.29) is 0 Å². The van der Waals surface area contributed by atoms with Crippen LogP contribution in [0.1, 0.15) is 5.56 Å². The molecule has 0 bridgehead atoms. The summed E-state index contributed by atoms with van der Waals surface area (Å²) in [4.78, 5) is 0. The molecule has 0 saturated carbocycles. The smallest absolute Gasteiger partial charge is 0.156 e. The topological polar surface area (TPSA) is 35.2 Å². The van der Waals surface area contributed by atoms with E-state index in [0.717, 1.165) is 10.0 Å². The Morgan fingerprint density at radius 2 is 1.84 bits per heavy atom. The largest absolute Gasteiger partial charge is 0.485 e. The van der Waals surface area contributed by atoms with Crippen LogP contribution in [0.3, 0.4) is 0 Å². The van der Waals surface area contributed by atoms with Gasteiger partial charge in [-0.05, 0) is 40.2 Å². The molecule has 0 aliphatic rings. The van der Waals surface area contributed by atoms with E-state index in [1.54, 1.807) is 12.1 Å². The number of hydrogen-bond acceptors (Lipinski definition) is 2. The van der Waals surface area contributed by atoms with Gasteiger partial charge in [-0.2, -0.15) is 0 Å². The van der Waals surface area contributed by atoms with Crippen molar-refractivity contribution in [2.24, 2.45) is 0 Å². The van der Waals surface area contributed by atoms with Crippen molar-refractivity contribution >= 4 is 60.7 Å². The molecular weight excluding hydrogens is 417 g/mol. The van der Waals surface area contributed by atoms with Crippen molar-refractivity contribution < 1.29 is 4.74 Å². The highest BCUT2D eigenvalue weighted by Gasteiger charge is 2.09. The second kappa shape index (κ2) is 6.35. The number of ether oxygens (including phenoxy) is 1. The highest BCUT2D eigenvalue weighted by Crippen LogP contribution is 2.35. The van der Waals surface area contributed by atoms with Crippen LogP contribution in [-0.4, -0.2) is 0 Å². The molecule has 0 amide bonds. The summed E-state index contributed by atoms with van der Waals surface area (Å²) in [7, 11) is 0. The van der Waals surface area contributed by atoms with Crippen LogP contribution in [0, 0.1) is 0 Å². The van der Waals surface area contributed by atoms with E-state index in [9.17, 15) is 0 Å². The van der Waals surface area contributed by atoms with Gasteiger partial charge < -0.3 is 10.5 Å². The molecule has 2 N–H and O–H groups in total. The first kappa shape index (κ1) is 15.0. The quantitative estimate of drug-likeness (QED) is 0.642. The Bertz CT molecular complexity index is 597. The van der Waals surface area contributed by atoms with Crippen LogP contribution in [-0.2, 0) is 6.61 Å². The van der Waals surface area contributed by atoms with E-state index in [1.807, 2.05) is 18.2 Å². The van der Waals surface area contributed by atoms with Crippen molar-refractivity contribution in [1.29, 1.82) is 0 Å². The fraction of sp³-hybridized carbons (Fsp3) is 0.0769. The SMILES string of the molecule is Nc1cc(Cl)cc(Br)c1OCc1ccc(Br)cc1Cl. The van der Waals surface area contributed by atoms with E-state index in [2.05, 4.69) is 31.9 Å². The number of nitrogen functional groups attached to an aromatic ring is 1. The van der Waals surface area contributed by atoms with E-state index in [1.165, 1.54) is 0 Å². The maximum absolute atomic E-state index is 6.13. The van der Waals surface area contributed by atoms with Crippen molar-refractivity contribution in [1.82, 2.24) is 0 Å². The average molecular weight is 426 g/mol. The zero-order valence-corrected chi connectivity index (χ0v) is 14.3. The first-order valence-electron chi connectivity index (χ1n) is 5.28. The Labute approximate surface area is 138 Å². The molecule has 2 aromatic carbocycles. The normalized spacial score (nSPS) is 10.5. The molecule has 0 fully saturated rings. The lowest BCUT2D eigenvalue weighted by atomic mass is 10.2. The number of anilines is 1. The second-order valence-corrected chi connectivity index (χ2v) is 6.44. The Kier molecular flexibility index (Phi) is 5.01. The molecular formula is C13H9Br2Cl2NO. The average Bonchev–Trinajstić information content (AvgIpc) is 2.30. The Balaban J connectivity index is 2.19. The van der Waals surface area contributed by atoms with Gasteiger partial charge in [0.25, 0.3) is 0 Å². The van der Waals surface area contributed by atoms with Crippen LogP contribution < -0.4 is 10.5 Å².